The topological polar surface area (TPSA) is 114 Å². The number of nitrogens with one attached hydrogen (secondary N) is 1. The molecule has 2 rings (SSSR count). The number of nitrogens with zero attached hydrogens (tertiary/aromatic N) is 3. The van der Waals surface area contributed by atoms with E-state index in [4.69, 9.17) is 20.9 Å². The lowest BCUT2D eigenvalue weighted by Crippen LogP contribution is -2.10. The normalized spacial score (nSPS) is 11.5. The van der Waals surface area contributed by atoms with Crippen LogP contribution in [0.25, 0.3) is 0 Å². The summed E-state index contributed by atoms with van der Waals surface area (Å²) in [5.74, 6) is 0.148. The van der Waals surface area contributed by atoms with Gasteiger partial charge in [0.2, 0.25) is 11.2 Å². The molecule has 118 valence electrons. The molecule has 10 heteroatoms. The third kappa shape index (κ3) is 4.52. The Kier molecular flexibility index (Phi) is 4.79. The van der Waals surface area contributed by atoms with E-state index < -0.39 is 10.1 Å². The number of benzene rings is 1. The highest BCUT2D eigenvalue weighted by Crippen LogP contribution is 2.19. The third-order valence-electron chi connectivity index (χ3n) is 2.34. The first kappa shape index (κ1) is 16.4. The summed E-state index contributed by atoms with van der Waals surface area (Å²) in [5, 5.41) is 2.79. The van der Waals surface area contributed by atoms with Crippen LogP contribution in [-0.2, 0) is 10.1 Å². The number of aromatic nitrogens is 3. The van der Waals surface area contributed by atoms with Gasteiger partial charge in [-0.3, -0.25) is 4.55 Å². The molecule has 0 spiro atoms. The number of rotatable bonds is 5. The molecule has 2 N–H and O–H groups in total. The first-order chi connectivity index (χ1) is 10.2. The molecular weight excluding hydrogens is 332 g/mol. The van der Waals surface area contributed by atoms with Crippen molar-refractivity contribution in [2.24, 2.45) is 0 Å². The molecule has 0 aliphatic rings. The van der Waals surface area contributed by atoms with Gasteiger partial charge in [-0.15, -0.1) is 0 Å². The average molecular weight is 345 g/mol. The van der Waals surface area contributed by atoms with Crippen LogP contribution in [0, 0.1) is 0 Å². The Hall–Kier alpha value is -1.97. The van der Waals surface area contributed by atoms with Gasteiger partial charge >= 0.3 is 6.01 Å². The summed E-state index contributed by atoms with van der Waals surface area (Å²) in [6.45, 7) is 3.64. The quantitative estimate of drug-likeness (QED) is 0.794. The lowest BCUT2D eigenvalue weighted by Gasteiger charge is -2.10. The molecule has 22 heavy (non-hydrogen) atoms. The summed E-state index contributed by atoms with van der Waals surface area (Å²) in [5.41, 5.74) is 0.505. The SMILES string of the molecule is CC(C)Oc1nc(Cl)nc(Nc2ccc(S(=O)(=O)O)cc2)n1. The summed E-state index contributed by atoms with van der Waals surface area (Å²) in [4.78, 5) is 11.5. The number of hydrogen-bond donors (Lipinski definition) is 2. The molecule has 1 aromatic heterocycles. The van der Waals surface area contributed by atoms with Crippen molar-refractivity contribution in [2.45, 2.75) is 24.8 Å². The molecule has 2 aromatic rings. The van der Waals surface area contributed by atoms with E-state index in [-0.39, 0.29) is 28.2 Å². The number of hydrogen-bond acceptors (Lipinski definition) is 7. The first-order valence-corrected chi connectivity index (χ1v) is 7.98. The van der Waals surface area contributed by atoms with Crippen LogP contribution in [0.4, 0.5) is 11.6 Å². The Bertz CT molecular complexity index is 765. The monoisotopic (exact) mass is 344 g/mol. The third-order valence-corrected chi connectivity index (χ3v) is 3.37. The molecule has 8 nitrogen and oxygen atoms in total. The number of anilines is 2. The van der Waals surface area contributed by atoms with Crippen molar-refractivity contribution in [3.63, 3.8) is 0 Å². The molecule has 0 unspecified atom stereocenters. The Morgan fingerprint density at radius 3 is 2.36 bits per heavy atom. The Balaban J connectivity index is 2.21. The van der Waals surface area contributed by atoms with Crippen LogP contribution >= 0.6 is 11.6 Å². The van der Waals surface area contributed by atoms with Gasteiger partial charge in [-0.2, -0.15) is 23.4 Å². The zero-order chi connectivity index (χ0) is 16.3. The van der Waals surface area contributed by atoms with Gasteiger partial charge in [0.1, 0.15) is 0 Å². The van der Waals surface area contributed by atoms with Crippen LogP contribution in [0.15, 0.2) is 29.2 Å². The van der Waals surface area contributed by atoms with Crippen molar-refractivity contribution < 1.29 is 17.7 Å². The Labute approximate surface area is 132 Å². The van der Waals surface area contributed by atoms with Gasteiger partial charge in [0.15, 0.2) is 0 Å². The van der Waals surface area contributed by atoms with Crippen LogP contribution < -0.4 is 10.1 Å². The highest BCUT2D eigenvalue weighted by Gasteiger charge is 2.10. The molecule has 1 aromatic carbocycles. The molecule has 0 saturated carbocycles. The van der Waals surface area contributed by atoms with Crippen molar-refractivity contribution in [1.82, 2.24) is 15.0 Å². The second kappa shape index (κ2) is 6.42. The smallest absolute Gasteiger partial charge is 0.322 e. The van der Waals surface area contributed by atoms with Gasteiger partial charge in [0.05, 0.1) is 11.0 Å². The van der Waals surface area contributed by atoms with Crippen molar-refractivity contribution in [3.05, 3.63) is 29.5 Å². The van der Waals surface area contributed by atoms with Crippen LogP contribution in [0.2, 0.25) is 5.28 Å². The van der Waals surface area contributed by atoms with E-state index in [9.17, 15) is 8.42 Å². The highest BCUT2D eigenvalue weighted by molar-refractivity contribution is 7.85. The highest BCUT2D eigenvalue weighted by atomic mass is 35.5. The van der Waals surface area contributed by atoms with Crippen LogP contribution in [0.1, 0.15) is 13.8 Å². The second-order valence-electron chi connectivity index (χ2n) is 4.50. The van der Waals surface area contributed by atoms with Gasteiger partial charge in [-0.05, 0) is 49.7 Å². The number of halogens is 1. The summed E-state index contributed by atoms with van der Waals surface area (Å²) >= 11 is 5.79. The molecule has 0 radical (unpaired) electrons. The molecule has 0 fully saturated rings. The second-order valence-corrected chi connectivity index (χ2v) is 6.26. The van der Waals surface area contributed by atoms with Crippen LogP contribution in [-0.4, -0.2) is 34.0 Å². The van der Waals surface area contributed by atoms with Gasteiger partial charge in [0.25, 0.3) is 10.1 Å². The lowest BCUT2D eigenvalue weighted by molar-refractivity contribution is 0.222. The van der Waals surface area contributed by atoms with Crippen molar-refractivity contribution >= 4 is 33.4 Å². The van der Waals surface area contributed by atoms with Crippen molar-refractivity contribution in [1.29, 1.82) is 0 Å². The van der Waals surface area contributed by atoms with Gasteiger partial charge in [-0.25, -0.2) is 0 Å². The summed E-state index contributed by atoms with van der Waals surface area (Å²) in [7, 11) is -4.23. The molecule has 0 bridgehead atoms. The maximum absolute atomic E-state index is 11.0. The van der Waals surface area contributed by atoms with Crippen LogP contribution in [0.3, 0.4) is 0 Å². The predicted octanol–water partition coefficient (Wildman–Crippen LogP) is 2.30. The van der Waals surface area contributed by atoms with E-state index >= 15 is 0 Å². The van der Waals surface area contributed by atoms with Gasteiger partial charge in [0, 0.05) is 5.69 Å². The molecule has 0 saturated heterocycles. The minimum absolute atomic E-state index is 0.0392. The minimum atomic E-state index is -4.23. The zero-order valence-corrected chi connectivity index (χ0v) is 13.3. The minimum Gasteiger partial charge on any atom is -0.461 e. The van der Waals surface area contributed by atoms with E-state index in [1.165, 1.54) is 24.3 Å². The van der Waals surface area contributed by atoms with E-state index in [0.717, 1.165) is 0 Å². The fourth-order valence-electron chi connectivity index (χ4n) is 1.49. The first-order valence-electron chi connectivity index (χ1n) is 6.17. The summed E-state index contributed by atoms with van der Waals surface area (Å²) in [6, 6.07) is 5.46. The maximum Gasteiger partial charge on any atom is 0.322 e. The summed E-state index contributed by atoms with van der Waals surface area (Å²) < 4.78 is 36.2. The van der Waals surface area contributed by atoms with Crippen LogP contribution in [0.5, 0.6) is 6.01 Å². The molecule has 0 atom stereocenters. The molecule has 0 aliphatic heterocycles. The molecular formula is C12H13ClN4O4S. The Morgan fingerprint density at radius 2 is 1.82 bits per heavy atom. The maximum atomic E-state index is 11.0. The largest absolute Gasteiger partial charge is 0.461 e. The predicted molar refractivity (Wildman–Crippen MR) is 80.1 cm³/mol. The summed E-state index contributed by atoms with van der Waals surface area (Å²) in [6.07, 6.45) is -0.125. The number of ether oxygens (including phenoxy) is 1. The van der Waals surface area contributed by atoms with Gasteiger partial charge in [-0.1, -0.05) is 0 Å². The lowest BCUT2D eigenvalue weighted by atomic mass is 10.3. The van der Waals surface area contributed by atoms with Crippen molar-refractivity contribution in [2.75, 3.05) is 5.32 Å². The van der Waals surface area contributed by atoms with E-state index in [0.29, 0.717) is 5.69 Å². The molecule has 0 amide bonds. The fraction of sp³-hybridized carbons (Fsp3) is 0.250. The van der Waals surface area contributed by atoms with Crippen molar-refractivity contribution in [3.8, 4) is 6.01 Å². The average Bonchev–Trinajstić information content (AvgIpc) is 2.36. The molecule has 1 heterocycles. The zero-order valence-electron chi connectivity index (χ0n) is 11.7. The van der Waals surface area contributed by atoms with E-state index in [2.05, 4.69) is 20.3 Å². The van der Waals surface area contributed by atoms with Gasteiger partial charge < -0.3 is 10.1 Å². The fourth-order valence-corrected chi connectivity index (χ4v) is 2.12. The van der Waals surface area contributed by atoms with E-state index in [1.807, 2.05) is 13.8 Å². The standard InChI is InChI=1S/C12H13ClN4O4S/c1-7(2)21-12-16-10(13)15-11(17-12)14-8-3-5-9(6-4-8)22(18,19)20/h3-7H,1-2H3,(H,18,19,20)(H,14,15,16,17). The Morgan fingerprint density at radius 1 is 1.18 bits per heavy atom. The van der Waals surface area contributed by atoms with E-state index in [1.54, 1.807) is 0 Å². The molecule has 0 aliphatic carbocycles.